The van der Waals surface area contributed by atoms with E-state index in [0.717, 1.165) is 11.6 Å². The Hall–Kier alpha value is -1.88. The lowest BCUT2D eigenvalue weighted by atomic mass is 10.2. The topological polar surface area (TPSA) is 39.1 Å². The van der Waals surface area contributed by atoms with Crippen LogP contribution in [-0.2, 0) is 4.74 Å². The van der Waals surface area contributed by atoms with Gasteiger partial charge in [0.1, 0.15) is 5.82 Å². The van der Waals surface area contributed by atoms with Crippen LogP contribution in [0, 0.1) is 12.7 Å². The maximum absolute atomic E-state index is 13.3. The van der Waals surface area contributed by atoms with Gasteiger partial charge >= 0.3 is 0 Å². The highest BCUT2D eigenvalue weighted by Crippen LogP contribution is 2.18. The highest BCUT2D eigenvalue weighted by molar-refractivity contribution is 5.44. The summed E-state index contributed by atoms with van der Waals surface area (Å²) in [6.45, 7) is 4.35. The molecule has 1 unspecified atom stereocenters. The number of ether oxygens (including phenoxy) is 1. The van der Waals surface area contributed by atoms with Crippen LogP contribution in [0.25, 0.3) is 5.69 Å². The van der Waals surface area contributed by atoms with Crippen molar-refractivity contribution in [3.05, 3.63) is 42.0 Å². The Morgan fingerprint density at radius 2 is 2.26 bits per heavy atom. The summed E-state index contributed by atoms with van der Waals surface area (Å²) in [4.78, 5) is 4.27. The lowest BCUT2D eigenvalue weighted by Gasteiger charge is -2.15. The second-order valence-corrected chi connectivity index (χ2v) is 4.56. The predicted molar refractivity (Wildman–Crippen MR) is 73.2 cm³/mol. The lowest BCUT2D eigenvalue weighted by Crippen LogP contribution is -2.22. The average Bonchev–Trinajstić information content (AvgIpc) is 2.81. The van der Waals surface area contributed by atoms with Gasteiger partial charge in [0.05, 0.1) is 6.61 Å². The third-order valence-corrected chi connectivity index (χ3v) is 2.85. The second kappa shape index (κ2) is 5.84. The Bertz CT molecular complexity index is 553. The minimum absolute atomic E-state index is 0.146. The highest BCUT2D eigenvalue weighted by atomic mass is 19.1. The number of benzene rings is 1. The van der Waals surface area contributed by atoms with Crippen LogP contribution in [0.15, 0.2) is 30.6 Å². The van der Waals surface area contributed by atoms with Crippen molar-refractivity contribution in [3.63, 3.8) is 0 Å². The summed E-state index contributed by atoms with van der Waals surface area (Å²) in [7, 11) is 1.66. The number of rotatable bonds is 5. The fourth-order valence-electron chi connectivity index (χ4n) is 1.91. The van der Waals surface area contributed by atoms with Gasteiger partial charge in [-0.25, -0.2) is 9.37 Å². The Labute approximate surface area is 112 Å². The van der Waals surface area contributed by atoms with E-state index >= 15 is 0 Å². The highest BCUT2D eigenvalue weighted by Gasteiger charge is 2.09. The Balaban J connectivity index is 2.25. The molecule has 0 radical (unpaired) electrons. The summed E-state index contributed by atoms with van der Waals surface area (Å²) < 4.78 is 20.3. The molecule has 5 heteroatoms. The molecule has 0 fully saturated rings. The number of imidazole rings is 1. The van der Waals surface area contributed by atoms with Gasteiger partial charge in [-0.05, 0) is 37.6 Å². The predicted octanol–water partition coefficient (Wildman–Crippen LogP) is 2.77. The SMILES string of the molecule is COCC(C)Nc1nccn1-c1ccc(F)c(C)c1. The van der Waals surface area contributed by atoms with E-state index < -0.39 is 0 Å². The van der Waals surface area contributed by atoms with Crippen LogP contribution in [0.5, 0.6) is 0 Å². The van der Waals surface area contributed by atoms with E-state index in [2.05, 4.69) is 10.3 Å². The zero-order valence-electron chi connectivity index (χ0n) is 11.4. The van der Waals surface area contributed by atoms with Crippen LogP contribution < -0.4 is 5.32 Å². The second-order valence-electron chi connectivity index (χ2n) is 4.56. The molecule has 4 nitrogen and oxygen atoms in total. The molecule has 0 spiro atoms. The van der Waals surface area contributed by atoms with Crippen molar-refractivity contribution in [2.75, 3.05) is 19.0 Å². The van der Waals surface area contributed by atoms with E-state index in [1.54, 1.807) is 32.4 Å². The van der Waals surface area contributed by atoms with E-state index in [0.29, 0.717) is 12.2 Å². The minimum Gasteiger partial charge on any atom is -0.383 e. The number of hydrogen-bond acceptors (Lipinski definition) is 3. The molecule has 0 saturated carbocycles. The van der Waals surface area contributed by atoms with Crippen molar-refractivity contribution in [2.24, 2.45) is 0 Å². The van der Waals surface area contributed by atoms with Gasteiger partial charge in [0, 0.05) is 31.2 Å². The number of halogens is 1. The number of hydrogen-bond donors (Lipinski definition) is 1. The van der Waals surface area contributed by atoms with Crippen LogP contribution in [0.3, 0.4) is 0 Å². The largest absolute Gasteiger partial charge is 0.383 e. The molecule has 0 bridgehead atoms. The number of nitrogens with zero attached hydrogens (tertiary/aromatic N) is 2. The van der Waals surface area contributed by atoms with Crippen molar-refractivity contribution in [1.82, 2.24) is 9.55 Å². The van der Waals surface area contributed by atoms with E-state index in [-0.39, 0.29) is 11.9 Å². The fourth-order valence-corrected chi connectivity index (χ4v) is 1.91. The first-order chi connectivity index (χ1) is 9.11. The third-order valence-electron chi connectivity index (χ3n) is 2.85. The van der Waals surface area contributed by atoms with E-state index in [1.165, 1.54) is 6.07 Å². The van der Waals surface area contributed by atoms with Crippen molar-refractivity contribution < 1.29 is 9.13 Å². The van der Waals surface area contributed by atoms with Gasteiger partial charge < -0.3 is 10.1 Å². The Kier molecular flexibility index (Phi) is 4.16. The Morgan fingerprint density at radius 3 is 2.95 bits per heavy atom. The molecule has 0 aliphatic heterocycles. The molecule has 0 amide bonds. The normalized spacial score (nSPS) is 12.4. The van der Waals surface area contributed by atoms with Gasteiger partial charge in [-0.1, -0.05) is 0 Å². The van der Waals surface area contributed by atoms with Crippen LogP contribution >= 0.6 is 0 Å². The molecular weight excluding hydrogens is 245 g/mol. The van der Waals surface area contributed by atoms with Gasteiger partial charge in [-0.15, -0.1) is 0 Å². The van der Waals surface area contributed by atoms with Crippen LogP contribution in [0.4, 0.5) is 10.3 Å². The maximum atomic E-state index is 13.3. The molecule has 19 heavy (non-hydrogen) atoms. The molecule has 2 aromatic rings. The molecule has 1 aromatic carbocycles. The lowest BCUT2D eigenvalue weighted by molar-refractivity contribution is 0.190. The summed E-state index contributed by atoms with van der Waals surface area (Å²) in [6.07, 6.45) is 3.55. The molecule has 0 saturated heterocycles. The summed E-state index contributed by atoms with van der Waals surface area (Å²) in [5.74, 6) is 0.515. The summed E-state index contributed by atoms with van der Waals surface area (Å²) >= 11 is 0. The fraction of sp³-hybridized carbons (Fsp3) is 0.357. The number of aromatic nitrogens is 2. The summed E-state index contributed by atoms with van der Waals surface area (Å²) in [6, 6.07) is 5.14. The molecule has 1 N–H and O–H groups in total. The molecule has 1 atom stereocenters. The molecule has 0 aliphatic carbocycles. The van der Waals surface area contributed by atoms with E-state index in [4.69, 9.17) is 4.74 Å². The molecule has 102 valence electrons. The monoisotopic (exact) mass is 263 g/mol. The smallest absolute Gasteiger partial charge is 0.207 e. The first-order valence-electron chi connectivity index (χ1n) is 6.17. The maximum Gasteiger partial charge on any atom is 0.207 e. The van der Waals surface area contributed by atoms with Gasteiger partial charge in [0.25, 0.3) is 0 Å². The zero-order valence-corrected chi connectivity index (χ0v) is 11.4. The van der Waals surface area contributed by atoms with E-state index in [1.807, 2.05) is 17.7 Å². The standard InChI is InChI=1S/C14H18FN3O/c1-10-8-12(4-5-13(10)15)18-7-6-16-14(18)17-11(2)9-19-3/h4-8,11H,9H2,1-3H3,(H,16,17). The van der Waals surface area contributed by atoms with Crippen LogP contribution in [0.2, 0.25) is 0 Å². The number of aryl methyl sites for hydroxylation is 1. The number of methoxy groups -OCH3 is 1. The van der Waals surface area contributed by atoms with Crippen molar-refractivity contribution >= 4 is 5.95 Å². The molecule has 0 aliphatic rings. The third kappa shape index (κ3) is 3.12. The first-order valence-corrected chi connectivity index (χ1v) is 6.17. The summed E-state index contributed by atoms with van der Waals surface area (Å²) in [5.41, 5.74) is 1.49. The molecule has 1 heterocycles. The minimum atomic E-state index is -0.203. The summed E-state index contributed by atoms with van der Waals surface area (Å²) in [5, 5.41) is 3.26. The zero-order chi connectivity index (χ0) is 13.8. The number of nitrogens with one attached hydrogen (secondary N) is 1. The van der Waals surface area contributed by atoms with Gasteiger partial charge in [0.15, 0.2) is 0 Å². The van der Waals surface area contributed by atoms with Crippen molar-refractivity contribution in [1.29, 1.82) is 0 Å². The van der Waals surface area contributed by atoms with Crippen molar-refractivity contribution in [2.45, 2.75) is 19.9 Å². The quantitative estimate of drug-likeness (QED) is 0.901. The van der Waals surface area contributed by atoms with Gasteiger partial charge in [0.2, 0.25) is 5.95 Å². The van der Waals surface area contributed by atoms with Crippen molar-refractivity contribution in [3.8, 4) is 5.69 Å². The average molecular weight is 263 g/mol. The molecule has 2 rings (SSSR count). The first kappa shape index (κ1) is 13.5. The molecule has 1 aromatic heterocycles. The van der Waals surface area contributed by atoms with E-state index in [9.17, 15) is 4.39 Å². The Morgan fingerprint density at radius 1 is 1.47 bits per heavy atom. The van der Waals surface area contributed by atoms with Gasteiger partial charge in [-0.3, -0.25) is 4.57 Å². The number of anilines is 1. The van der Waals surface area contributed by atoms with Crippen LogP contribution in [-0.4, -0.2) is 29.3 Å². The van der Waals surface area contributed by atoms with Gasteiger partial charge in [-0.2, -0.15) is 0 Å². The van der Waals surface area contributed by atoms with Crippen LogP contribution in [0.1, 0.15) is 12.5 Å². The molecular formula is C14H18FN3O.